The largest absolute Gasteiger partial charge is 0.497 e. The molecule has 0 unspecified atom stereocenters. The Balaban J connectivity index is 1.72. The van der Waals surface area contributed by atoms with Crippen LogP contribution >= 0.6 is 11.6 Å². The van der Waals surface area contributed by atoms with E-state index in [1.54, 1.807) is 36.4 Å². The number of ether oxygens (including phenoxy) is 2. The molecular weight excluding hydrogens is 452 g/mol. The van der Waals surface area contributed by atoms with Gasteiger partial charge in [-0.2, -0.15) is 0 Å². The molecule has 0 fully saturated rings. The van der Waals surface area contributed by atoms with E-state index in [0.29, 0.717) is 22.2 Å². The quantitative estimate of drug-likeness (QED) is 0.452. The van der Waals surface area contributed by atoms with Gasteiger partial charge in [-0.05, 0) is 60.7 Å². The fourth-order valence-electron chi connectivity index (χ4n) is 2.86. The molecule has 1 N–H and O–H groups in total. The van der Waals surface area contributed by atoms with E-state index >= 15 is 0 Å². The standard InChI is InChI=1S/C23H23ClN2O5S/c1-30-20-11-13-22(14-12-20)32(28,29)26(19-9-7-18(24)8-10-19)17-23(27)25-15-16-31-21-5-3-2-4-6-21/h2-14H,15-17H2,1H3,(H,25,27). The van der Waals surface area contributed by atoms with Crippen LogP contribution in [0.2, 0.25) is 5.02 Å². The monoisotopic (exact) mass is 474 g/mol. The Morgan fingerprint density at radius 1 is 0.938 bits per heavy atom. The first-order chi connectivity index (χ1) is 15.4. The van der Waals surface area contributed by atoms with Gasteiger partial charge in [-0.1, -0.05) is 29.8 Å². The van der Waals surface area contributed by atoms with Crippen molar-refractivity contribution in [1.82, 2.24) is 5.32 Å². The molecular formula is C23H23ClN2O5S. The van der Waals surface area contributed by atoms with E-state index in [4.69, 9.17) is 21.1 Å². The van der Waals surface area contributed by atoms with Crippen molar-refractivity contribution >= 4 is 33.2 Å². The van der Waals surface area contributed by atoms with Gasteiger partial charge in [0.15, 0.2) is 0 Å². The van der Waals surface area contributed by atoms with Crippen LogP contribution in [-0.4, -0.2) is 41.1 Å². The molecule has 0 aliphatic heterocycles. The number of carbonyl (C=O) groups excluding carboxylic acids is 1. The summed E-state index contributed by atoms with van der Waals surface area (Å²) in [4.78, 5) is 12.6. The molecule has 3 aromatic carbocycles. The van der Waals surface area contributed by atoms with Crippen LogP contribution in [0.4, 0.5) is 5.69 Å². The zero-order valence-corrected chi connectivity index (χ0v) is 19.0. The third-order valence-electron chi connectivity index (χ3n) is 4.49. The minimum absolute atomic E-state index is 0.0356. The summed E-state index contributed by atoms with van der Waals surface area (Å²) in [6.07, 6.45) is 0. The minimum Gasteiger partial charge on any atom is -0.497 e. The van der Waals surface area contributed by atoms with E-state index in [1.807, 2.05) is 30.3 Å². The molecule has 3 rings (SSSR count). The highest BCUT2D eigenvalue weighted by Crippen LogP contribution is 2.26. The van der Waals surface area contributed by atoms with Crippen molar-refractivity contribution in [2.45, 2.75) is 4.90 Å². The van der Waals surface area contributed by atoms with Crippen LogP contribution in [0.3, 0.4) is 0 Å². The Morgan fingerprint density at radius 3 is 2.22 bits per heavy atom. The lowest BCUT2D eigenvalue weighted by molar-refractivity contribution is -0.119. The second kappa shape index (κ2) is 10.9. The molecule has 1 amide bonds. The molecule has 7 nitrogen and oxygen atoms in total. The summed E-state index contributed by atoms with van der Waals surface area (Å²) >= 11 is 5.95. The van der Waals surface area contributed by atoms with Crippen LogP contribution < -0.4 is 19.1 Å². The molecule has 0 heterocycles. The molecule has 0 bridgehead atoms. The maximum absolute atomic E-state index is 13.3. The zero-order chi connectivity index (χ0) is 23.0. The van der Waals surface area contributed by atoms with Crippen molar-refractivity contribution in [2.75, 3.05) is 31.1 Å². The summed E-state index contributed by atoms with van der Waals surface area (Å²) < 4.78 is 38.3. The van der Waals surface area contributed by atoms with E-state index < -0.39 is 22.5 Å². The van der Waals surface area contributed by atoms with Crippen LogP contribution in [0.1, 0.15) is 0 Å². The Morgan fingerprint density at radius 2 is 1.59 bits per heavy atom. The number of benzene rings is 3. The highest BCUT2D eigenvalue weighted by Gasteiger charge is 2.27. The predicted molar refractivity (Wildman–Crippen MR) is 124 cm³/mol. The summed E-state index contributed by atoms with van der Waals surface area (Å²) in [5.74, 6) is 0.749. The highest BCUT2D eigenvalue weighted by molar-refractivity contribution is 7.92. The molecule has 168 valence electrons. The van der Waals surface area contributed by atoms with Gasteiger partial charge in [0.2, 0.25) is 5.91 Å². The van der Waals surface area contributed by atoms with Gasteiger partial charge in [0, 0.05) is 5.02 Å². The van der Waals surface area contributed by atoms with Crippen LogP contribution in [0.25, 0.3) is 0 Å². The molecule has 0 radical (unpaired) electrons. The highest BCUT2D eigenvalue weighted by atomic mass is 35.5. The third-order valence-corrected chi connectivity index (χ3v) is 6.53. The number of carbonyl (C=O) groups is 1. The summed E-state index contributed by atoms with van der Waals surface area (Å²) in [7, 11) is -2.52. The first-order valence-electron chi connectivity index (χ1n) is 9.77. The average Bonchev–Trinajstić information content (AvgIpc) is 2.81. The number of rotatable bonds is 10. The number of hydrogen-bond donors (Lipinski definition) is 1. The van der Waals surface area contributed by atoms with Crippen molar-refractivity contribution < 1.29 is 22.7 Å². The second-order valence-electron chi connectivity index (χ2n) is 6.68. The second-order valence-corrected chi connectivity index (χ2v) is 8.97. The topological polar surface area (TPSA) is 84.9 Å². The number of sulfonamides is 1. The van der Waals surface area contributed by atoms with E-state index in [1.165, 1.54) is 19.2 Å². The van der Waals surface area contributed by atoms with Gasteiger partial charge in [-0.15, -0.1) is 0 Å². The lowest BCUT2D eigenvalue weighted by Gasteiger charge is -2.24. The molecule has 0 aromatic heterocycles. The molecule has 0 atom stereocenters. The Labute approximate surface area is 192 Å². The van der Waals surface area contributed by atoms with E-state index in [-0.39, 0.29) is 18.0 Å². The molecule has 32 heavy (non-hydrogen) atoms. The van der Waals surface area contributed by atoms with Crippen molar-refractivity contribution in [1.29, 1.82) is 0 Å². The number of para-hydroxylation sites is 1. The summed E-state index contributed by atoms with van der Waals surface area (Å²) in [5, 5.41) is 3.15. The predicted octanol–water partition coefficient (Wildman–Crippen LogP) is 3.74. The molecule has 3 aromatic rings. The number of anilines is 1. The molecule has 0 aliphatic carbocycles. The normalized spacial score (nSPS) is 10.9. The molecule has 0 aliphatic rings. The van der Waals surface area contributed by atoms with Gasteiger partial charge < -0.3 is 14.8 Å². The Hall–Kier alpha value is -3.23. The van der Waals surface area contributed by atoms with E-state index in [0.717, 1.165) is 4.31 Å². The SMILES string of the molecule is COc1ccc(S(=O)(=O)N(CC(=O)NCCOc2ccccc2)c2ccc(Cl)cc2)cc1. The number of hydrogen-bond acceptors (Lipinski definition) is 5. The summed E-state index contributed by atoms with van der Waals surface area (Å²) in [6, 6.07) is 21.4. The van der Waals surface area contributed by atoms with Gasteiger partial charge in [-0.25, -0.2) is 8.42 Å². The van der Waals surface area contributed by atoms with Crippen molar-refractivity contribution in [3.8, 4) is 11.5 Å². The lowest BCUT2D eigenvalue weighted by atomic mass is 10.3. The summed E-state index contributed by atoms with van der Waals surface area (Å²) in [6.45, 7) is 0.0774. The maximum Gasteiger partial charge on any atom is 0.264 e. The van der Waals surface area contributed by atoms with Gasteiger partial charge in [0.1, 0.15) is 24.7 Å². The maximum atomic E-state index is 13.3. The van der Waals surface area contributed by atoms with Crippen LogP contribution in [0.15, 0.2) is 83.8 Å². The average molecular weight is 475 g/mol. The number of nitrogens with one attached hydrogen (secondary N) is 1. The van der Waals surface area contributed by atoms with Crippen LogP contribution in [0, 0.1) is 0 Å². The molecule has 0 saturated carbocycles. The van der Waals surface area contributed by atoms with Crippen LogP contribution in [0.5, 0.6) is 11.5 Å². The fraction of sp³-hybridized carbons (Fsp3) is 0.174. The lowest BCUT2D eigenvalue weighted by Crippen LogP contribution is -2.41. The van der Waals surface area contributed by atoms with E-state index in [2.05, 4.69) is 5.32 Å². The van der Waals surface area contributed by atoms with Crippen molar-refractivity contribution in [2.24, 2.45) is 0 Å². The minimum atomic E-state index is -4.02. The first-order valence-corrected chi connectivity index (χ1v) is 11.6. The first kappa shape index (κ1) is 23.4. The molecule has 0 spiro atoms. The molecule has 9 heteroatoms. The molecule has 0 saturated heterocycles. The van der Waals surface area contributed by atoms with Crippen molar-refractivity contribution in [3.63, 3.8) is 0 Å². The number of nitrogens with zero attached hydrogens (tertiary/aromatic N) is 1. The third kappa shape index (κ3) is 6.15. The fourth-order valence-corrected chi connectivity index (χ4v) is 4.41. The van der Waals surface area contributed by atoms with Gasteiger partial charge in [-0.3, -0.25) is 9.10 Å². The number of amides is 1. The smallest absolute Gasteiger partial charge is 0.264 e. The van der Waals surface area contributed by atoms with E-state index in [9.17, 15) is 13.2 Å². The van der Waals surface area contributed by atoms with Gasteiger partial charge in [0.05, 0.1) is 24.2 Å². The van der Waals surface area contributed by atoms with Gasteiger partial charge in [0.25, 0.3) is 10.0 Å². The summed E-state index contributed by atoms with van der Waals surface area (Å²) in [5.41, 5.74) is 0.320. The van der Waals surface area contributed by atoms with Crippen LogP contribution in [-0.2, 0) is 14.8 Å². The number of methoxy groups -OCH3 is 1. The number of halogens is 1. The Kier molecular flexibility index (Phi) is 7.97. The Bertz CT molecular complexity index is 1120. The zero-order valence-electron chi connectivity index (χ0n) is 17.4. The van der Waals surface area contributed by atoms with Gasteiger partial charge >= 0.3 is 0 Å². The van der Waals surface area contributed by atoms with Crippen molar-refractivity contribution in [3.05, 3.63) is 83.9 Å².